The van der Waals surface area contributed by atoms with Crippen molar-refractivity contribution in [2.45, 2.75) is 12.2 Å². The number of aromatic nitrogens is 1. The van der Waals surface area contributed by atoms with Crippen molar-refractivity contribution in [1.29, 1.82) is 0 Å². The first-order valence-electron chi connectivity index (χ1n) is 3.76. The number of nitrogens with one attached hydrogen (secondary N) is 1. The van der Waals surface area contributed by atoms with Crippen molar-refractivity contribution >= 4 is 0 Å². The maximum Gasteiger partial charge on any atom is 0.120 e. The molecule has 1 aromatic heterocycles. The monoisotopic (exact) mass is 182 g/mol. The number of aliphatic hydroxyl groups excluding tert-OH is 2. The van der Waals surface area contributed by atoms with Gasteiger partial charge in [0.25, 0.3) is 0 Å². The second kappa shape index (κ2) is 4.51. The number of nitrogens with zero attached hydrogens (tertiary/aromatic N) is 3. The number of rotatable bonds is 4. The van der Waals surface area contributed by atoms with E-state index in [1.54, 1.807) is 18.3 Å². The molecule has 13 heavy (non-hydrogen) atoms. The summed E-state index contributed by atoms with van der Waals surface area (Å²) in [5.74, 6) is 0. The molecular weight excluding hydrogens is 172 g/mol. The van der Waals surface area contributed by atoms with Gasteiger partial charge in [-0.1, -0.05) is 5.11 Å². The van der Waals surface area contributed by atoms with Crippen LogP contribution >= 0.6 is 0 Å². The lowest BCUT2D eigenvalue weighted by molar-refractivity contribution is 0.0221. The van der Waals surface area contributed by atoms with Gasteiger partial charge >= 0.3 is 0 Å². The molecule has 2 unspecified atom stereocenters. The molecule has 0 aliphatic heterocycles. The SMILES string of the molecule is [N-]=[N+]=NCC(O)C(O)c1ccc[nH]1. The topological polar surface area (TPSA) is 105 Å². The molecule has 0 saturated heterocycles. The fourth-order valence-corrected chi connectivity index (χ4v) is 0.955. The molecule has 0 aromatic carbocycles. The van der Waals surface area contributed by atoms with Crippen LogP contribution in [0.2, 0.25) is 0 Å². The second-order valence-electron chi connectivity index (χ2n) is 2.55. The highest BCUT2D eigenvalue weighted by Crippen LogP contribution is 2.14. The fraction of sp³-hybridized carbons (Fsp3) is 0.429. The van der Waals surface area contributed by atoms with Crippen LogP contribution in [0.4, 0.5) is 0 Å². The zero-order valence-electron chi connectivity index (χ0n) is 6.83. The van der Waals surface area contributed by atoms with Gasteiger partial charge in [-0.05, 0) is 17.7 Å². The Labute approximate surface area is 74.5 Å². The molecule has 0 bridgehead atoms. The molecule has 0 aliphatic rings. The Kier molecular flexibility index (Phi) is 3.33. The first kappa shape index (κ1) is 9.60. The predicted molar refractivity (Wildman–Crippen MR) is 45.8 cm³/mol. The minimum atomic E-state index is -1.07. The van der Waals surface area contributed by atoms with E-state index < -0.39 is 12.2 Å². The van der Waals surface area contributed by atoms with Crippen molar-refractivity contribution in [2.75, 3.05) is 6.54 Å². The van der Waals surface area contributed by atoms with Gasteiger partial charge in [0.05, 0.1) is 12.6 Å². The lowest BCUT2D eigenvalue weighted by Gasteiger charge is -2.13. The molecule has 0 aliphatic carbocycles. The van der Waals surface area contributed by atoms with E-state index in [4.69, 9.17) is 5.53 Å². The zero-order chi connectivity index (χ0) is 9.68. The van der Waals surface area contributed by atoms with Crippen LogP contribution in [-0.4, -0.2) is 27.8 Å². The van der Waals surface area contributed by atoms with E-state index in [-0.39, 0.29) is 6.54 Å². The molecule has 70 valence electrons. The van der Waals surface area contributed by atoms with Crippen molar-refractivity contribution in [3.05, 3.63) is 34.5 Å². The number of hydrogen-bond acceptors (Lipinski definition) is 3. The van der Waals surface area contributed by atoms with Crippen LogP contribution in [0.1, 0.15) is 11.8 Å². The van der Waals surface area contributed by atoms with Crippen molar-refractivity contribution in [2.24, 2.45) is 5.11 Å². The van der Waals surface area contributed by atoms with Crippen LogP contribution in [0, 0.1) is 0 Å². The van der Waals surface area contributed by atoms with E-state index in [2.05, 4.69) is 15.0 Å². The van der Waals surface area contributed by atoms with Gasteiger partial charge in [0.2, 0.25) is 0 Å². The van der Waals surface area contributed by atoms with Crippen LogP contribution in [0.5, 0.6) is 0 Å². The summed E-state index contributed by atoms with van der Waals surface area (Å²) in [6, 6.07) is 3.35. The van der Waals surface area contributed by atoms with E-state index >= 15 is 0 Å². The standard InChI is InChI=1S/C7H10N4O2/c8-11-10-4-6(12)7(13)5-2-1-3-9-5/h1-3,6-7,9,12-13H,4H2. The molecule has 1 aromatic rings. The van der Waals surface area contributed by atoms with Gasteiger partial charge in [0, 0.05) is 16.8 Å². The third-order valence-corrected chi connectivity index (χ3v) is 1.64. The summed E-state index contributed by atoms with van der Waals surface area (Å²) in [7, 11) is 0. The lowest BCUT2D eigenvalue weighted by Crippen LogP contribution is -2.21. The first-order chi connectivity index (χ1) is 6.25. The zero-order valence-corrected chi connectivity index (χ0v) is 6.83. The highest BCUT2D eigenvalue weighted by atomic mass is 16.3. The second-order valence-corrected chi connectivity index (χ2v) is 2.55. The lowest BCUT2D eigenvalue weighted by atomic mass is 10.1. The van der Waals surface area contributed by atoms with E-state index in [9.17, 15) is 10.2 Å². The molecular formula is C7H10N4O2. The van der Waals surface area contributed by atoms with E-state index in [1.165, 1.54) is 0 Å². The highest BCUT2D eigenvalue weighted by Gasteiger charge is 2.17. The smallest absolute Gasteiger partial charge is 0.120 e. The molecule has 3 N–H and O–H groups in total. The molecule has 0 amide bonds. The minimum absolute atomic E-state index is 0.142. The van der Waals surface area contributed by atoms with Crippen molar-refractivity contribution < 1.29 is 10.2 Å². The minimum Gasteiger partial charge on any atom is -0.390 e. The molecule has 0 fully saturated rings. The van der Waals surface area contributed by atoms with Crippen molar-refractivity contribution in [1.82, 2.24) is 4.98 Å². The van der Waals surface area contributed by atoms with Crippen LogP contribution in [-0.2, 0) is 0 Å². The van der Waals surface area contributed by atoms with Gasteiger partial charge in [-0.15, -0.1) is 0 Å². The van der Waals surface area contributed by atoms with E-state index in [1.807, 2.05) is 0 Å². The molecule has 0 radical (unpaired) electrons. The van der Waals surface area contributed by atoms with Crippen LogP contribution in [0.3, 0.4) is 0 Å². The maximum absolute atomic E-state index is 9.44. The third-order valence-electron chi connectivity index (χ3n) is 1.64. The van der Waals surface area contributed by atoms with E-state index in [0.717, 1.165) is 0 Å². The number of aromatic amines is 1. The maximum atomic E-state index is 9.44. The number of azide groups is 1. The molecule has 2 atom stereocenters. The van der Waals surface area contributed by atoms with Gasteiger partial charge in [-0.25, -0.2) is 0 Å². The number of hydrogen-bond donors (Lipinski definition) is 3. The summed E-state index contributed by atoms with van der Waals surface area (Å²) in [5.41, 5.74) is 8.49. The molecule has 0 saturated carbocycles. The average molecular weight is 182 g/mol. The largest absolute Gasteiger partial charge is 0.390 e. The van der Waals surface area contributed by atoms with Crippen LogP contribution < -0.4 is 0 Å². The van der Waals surface area contributed by atoms with E-state index in [0.29, 0.717) is 5.69 Å². The molecule has 1 heterocycles. The van der Waals surface area contributed by atoms with Crippen LogP contribution in [0.25, 0.3) is 10.4 Å². The summed E-state index contributed by atoms with van der Waals surface area (Å²) in [6.45, 7) is -0.142. The normalized spacial score (nSPS) is 14.6. The van der Waals surface area contributed by atoms with Gasteiger partial charge in [-0.3, -0.25) is 0 Å². The van der Waals surface area contributed by atoms with Gasteiger partial charge in [0.15, 0.2) is 0 Å². The average Bonchev–Trinajstić information content (AvgIpc) is 2.65. The Morgan fingerprint density at radius 2 is 2.38 bits per heavy atom. The molecule has 0 spiro atoms. The summed E-state index contributed by atoms with van der Waals surface area (Å²) in [5, 5.41) is 21.9. The van der Waals surface area contributed by atoms with Gasteiger partial charge in [0.1, 0.15) is 6.10 Å². The molecule has 6 heteroatoms. The van der Waals surface area contributed by atoms with Gasteiger partial charge < -0.3 is 15.2 Å². The van der Waals surface area contributed by atoms with Crippen molar-refractivity contribution in [3.8, 4) is 0 Å². The van der Waals surface area contributed by atoms with Crippen molar-refractivity contribution in [3.63, 3.8) is 0 Å². The Morgan fingerprint density at radius 3 is 2.92 bits per heavy atom. The fourth-order valence-electron chi connectivity index (χ4n) is 0.955. The predicted octanol–water partition coefficient (Wildman–Crippen LogP) is 0.719. The van der Waals surface area contributed by atoms with Crippen LogP contribution in [0.15, 0.2) is 23.4 Å². The molecule has 6 nitrogen and oxygen atoms in total. The molecule has 1 rings (SSSR count). The number of H-pyrrole nitrogens is 1. The highest BCUT2D eigenvalue weighted by molar-refractivity contribution is 5.08. The Bertz CT molecular complexity index is 291. The summed E-state index contributed by atoms with van der Waals surface area (Å²) in [4.78, 5) is 5.23. The Hall–Kier alpha value is -1.49. The first-order valence-corrected chi connectivity index (χ1v) is 3.76. The van der Waals surface area contributed by atoms with Gasteiger partial charge in [-0.2, -0.15) is 0 Å². The summed E-state index contributed by atoms with van der Waals surface area (Å²) in [6.07, 6.45) is -0.478. The number of aliphatic hydroxyl groups is 2. The summed E-state index contributed by atoms with van der Waals surface area (Å²) < 4.78 is 0. The Balaban J connectivity index is 2.57. The third kappa shape index (κ3) is 2.48. The Morgan fingerprint density at radius 1 is 1.62 bits per heavy atom. The summed E-state index contributed by atoms with van der Waals surface area (Å²) >= 11 is 0. The quantitative estimate of drug-likeness (QED) is 0.362.